The molecule has 1 unspecified atom stereocenters. The van der Waals surface area contributed by atoms with E-state index in [4.69, 9.17) is 0 Å². The lowest BCUT2D eigenvalue weighted by Gasteiger charge is -2.20. The molecule has 3 heteroatoms. The molecule has 0 spiro atoms. The normalized spacial score (nSPS) is 18.4. The molecular weight excluding hydrogens is 236 g/mol. The maximum atomic E-state index is 10.1. The summed E-state index contributed by atoms with van der Waals surface area (Å²) < 4.78 is 2.31. The van der Waals surface area contributed by atoms with E-state index in [0.29, 0.717) is 0 Å². The third kappa shape index (κ3) is 2.30. The minimum absolute atomic E-state index is 0.283. The molecule has 1 aliphatic rings. The highest BCUT2D eigenvalue weighted by atomic mass is 16.3. The molecule has 3 rings (SSSR count). The highest BCUT2D eigenvalue weighted by Gasteiger charge is 2.23. The second-order valence-electron chi connectivity index (χ2n) is 5.45. The molecule has 0 radical (unpaired) electrons. The summed E-state index contributed by atoms with van der Waals surface area (Å²) in [5.41, 5.74) is 5.77. The molecule has 0 bridgehead atoms. The lowest BCUT2D eigenvalue weighted by Crippen LogP contribution is -2.13. The SMILES string of the molecule is Cc1cccc(Cn2c(C)cc3c2CCCC3O)n1. The van der Waals surface area contributed by atoms with Crippen molar-refractivity contribution in [1.82, 2.24) is 9.55 Å². The van der Waals surface area contributed by atoms with Crippen LogP contribution in [0, 0.1) is 13.8 Å². The fraction of sp³-hybridized carbons (Fsp3) is 0.438. The summed E-state index contributed by atoms with van der Waals surface area (Å²) in [6, 6.07) is 8.27. The van der Waals surface area contributed by atoms with Crippen molar-refractivity contribution in [3.63, 3.8) is 0 Å². The molecule has 19 heavy (non-hydrogen) atoms. The monoisotopic (exact) mass is 256 g/mol. The number of hydrogen-bond donors (Lipinski definition) is 1. The van der Waals surface area contributed by atoms with E-state index in [-0.39, 0.29) is 6.10 Å². The van der Waals surface area contributed by atoms with Crippen LogP contribution in [0.5, 0.6) is 0 Å². The molecule has 0 saturated heterocycles. The van der Waals surface area contributed by atoms with Gasteiger partial charge in [0.05, 0.1) is 18.3 Å². The summed E-state index contributed by atoms with van der Waals surface area (Å²) >= 11 is 0. The summed E-state index contributed by atoms with van der Waals surface area (Å²) in [6.07, 6.45) is 2.73. The number of pyridine rings is 1. The van der Waals surface area contributed by atoms with Crippen molar-refractivity contribution in [3.8, 4) is 0 Å². The quantitative estimate of drug-likeness (QED) is 0.897. The molecule has 0 aromatic carbocycles. The van der Waals surface area contributed by atoms with Gasteiger partial charge >= 0.3 is 0 Å². The maximum Gasteiger partial charge on any atom is 0.0807 e. The first-order chi connectivity index (χ1) is 9.15. The van der Waals surface area contributed by atoms with E-state index in [0.717, 1.165) is 42.8 Å². The summed E-state index contributed by atoms with van der Waals surface area (Å²) in [5.74, 6) is 0. The fourth-order valence-corrected chi connectivity index (χ4v) is 3.01. The summed E-state index contributed by atoms with van der Waals surface area (Å²) in [4.78, 5) is 4.57. The molecule has 3 nitrogen and oxygen atoms in total. The predicted octanol–water partition coefficient (Wildman–Crippen LogP) is 2.92. The molecule has 1 aliphatic carbocycles. The third-order valence-electron chi connectivity index (χ3n) is 3.97. The van der Waals surface area contributed by atoms with Crippen LogP contribution in [0.4, 0.5) is 0 Å². The van der Waals surface area contributed by atoms with E-state index in [1.54, 1.807) is 0 Å². The Balaban J connectivity index is 1.97. The van der Waals surface area contributed by atoms with Crippen LogP contribution < -0.4 is 0 Å². The van der Waals surface area contributed by atoms with E-state index in [2.05, 4.69) is 34.7 Å². The minimum Gasteiger partial charge on any atom is -0.388 e. The Morgan fingerprint density at radius 1 is 1.37 bits per heavy atom. The number of aliphatic hydroxyl groups is 1. The first-order valence-corrected chi connectivity index (χ1v) is 6.94. The minimum atomic E-state index is -0.283. The van der Waals surface area contributed by atoms with Gasteiger partial charge in [-0.15, -0.1) is 0 Å². The highest BCUT2D eigenvalue weighted by Crippen LogP contribution is 2.32. The van der Waals surface area contributed by atoms with Gasteiger partial charge in [-0.05, 0) is 51.3 Å². The molecule has 2 aromatic rings. The van der Waals surface area contributed by atoms with Crippen LogP contribution in [0.25, 0.3) is 0 Å². The smallest absolute Gasteiger partial charge is 0.0807 e. The Labute approximate surface area is 113 Å². The van der Waals surface area contributed by atoms with Crippen molar-refractivity contribution < 1.29 is 5.11 Å². The van der Waals surface area contributed by atoms with Crippen molar-refractivity contribution >= 4 is 0 Å². The molecule has 0 fully saturated rings. The molecule has 2 heterocycles. The zero-order chi connectivity index (χ0) is 13.4. The molecule has 2 aromatic heterocycles. The van der Waals surface area contributed by atoms with Gasteiger partial charge in [-0.2, -0.15) is 0 Å². The van der Waals surface area contributed by atoms with Crippen molar-refractivity contribution in [3.05, 3.63) is 52.6 Å². The molecule has 0 saturated carbocycles. The lowest BCUT2D eigenvalue weighted by molar-refractivity contribution is 0.155. The Hall–Kier alpha value is -1.61. The standard InChI is InChI=1S/C16H20N2O/c1-11-5-3-6-13(17-11)10-18-12(2)9-14-15(18)7-4-8-16(14)19/h3,5-6,9,16,19H,4,7-8,10H2,1-2H3. The first kappa shape index (κ1) is 12.4. The average molecular weight is 256 g/mol. The summed E-state index contributed by atoms with van der Waals surface area (Å²) in [5, 5.41) is 10.1. The van der Waals surface area contributed by atoms with E-state index in [1.807, 2.05) is 13.0 Å². The largest absolute Gasteiger partial charge is 0.388 e. The van der Waals surface area contributed by atoms with Gasteiger partial charge in [-0.3, -0.25) is 4.98 Å². The van der Waals surface area contributed by atoms with Crippen LogP contribution >= 0.6 is 0 Å². The Bertz CT molecular complexity index is 601. The zero-order valence-corrected chi connectivity index (χ0v) is 11.6. The van der Waals surface area contributed by atoms with Gasteiger partial charge in [-0.1, -0.05) is 6.07 Å². The van der Waals surface area contributed by atoms with Crippen molar-refractivity contribution in [1.29, 1.82) is 0 Å². The van der Waals surface area contributed by atoms with E-state index in [1.165, 1.54) is 11.4 Å². The maximum absolute atomic E-state index is 10.1. The Kier molecular flexibility index (Phi) is 3.15. The van der Waals surface area contributed by atoms with Crippen LogP contribution in [0.1, 0.15) is 47.3 Å². The number of nitrogens with zero attached hydrogens (tertiary/aromatic N) is 2. The van der Waals surface area contributed by atoms with Crippen LogP contribution in [-0.2, 0) is 13.0 Å². The number of aromatic nitrogens is 2. The van der Waals surface area contributed by atoms with Gasteiger partial charge in [0, 0.05) is 22.6 Å². The summed E-state index contributed by atoms with van der Waals surface area (Å²) in [7, 11) is 0. The Morgan fingerprint density at radius 3 is 3.00 bits per heavy atom. The average Bonchev–Trinajstić information content (AvgIpc) is 2.69. The number of fused-ring (bicyclic) bond motifs is 1. The highest BCUT2D eigenvalue weighted by molar-refractivity contribution is 5.32. The number of rotatable bonds is 2. The van der Waals surface area contributed by atoms with Crippen LogP contribution in [0.2, 0.25) is 0 Å². The van der Waals surface area contributed by atoms with Crippen LogP contribution in [0.3, 0.4) is 0 Å². The van der Waals surface area contributed by atoms with Gasteiger partial charge in [-0.25, -0.2) is 0 Å². The number of hydrogen-bond acceptors (Lipinski definition) is 2. The number of aliphatic hydroxyl groups excluding tert-OH is 1. The van der Waals surface area contributed by atoms with Crippen molar-refractivity contribution in [2.75, 3.05) is 0 Å². The predicted molar refractivity (Wildman–Crippen MR) is 75.1 cm³/mol. The van der Waals surface area contributed by atoms with Gasteiger partial charge in [0.15, 0.2) is 0 Å². The molecule has 1 N–H and O–H groups in total. The van der Waals surface area contributed by atoms with E-state index < -0.39 is 0 Å². The number of aryl methyl sites for hydroxylation is 2. The van der Waals surface area contributed by atoms with Gasteiger partial charge in [0.1, 0.15) is 0 Å². The molecular formula is C16H20N2O. The Morgan fingerprint density at radius 2 is 2.21 bits per heavy atom. The van der Waals surface area contributed by atoms with Crippen LogP contribution in [-0.4, -0.2) is 14.7 Å². The molecule has 0 aliphatic heterocycles. The third-order valence-corrected chi connectivity index (χ3v) is 3.97. The van der Waals surface area contributed by atoms with Gasteiger partial charge < -0.3 is 9.67 Å². The zero-order valence-electron chi connectivity index (χ0n) is 11.6. The first-order valence-electron chi connectivity index (χ1n) is 6.94. The van der Waals surface area contributed by atoms with E-state index in [9.17, 15) is 5.11 Å². The molecule has 0 amide bonds. The fourth-order valence-electron chi connectivity index (χ4n) is 3.01. The topological polar surface area (TPSA) is 38.0 Å². The lowest BCUT2D eigenvalue weighted by atomic mass is 9.95. The second-order valence-corrected chi connectivity index (χ2v) is 5.45. The van der Waals surface area contributed by atoms with Crippen LogP contribution in [0.15, 0.2) is 24.3 Å². The van der Waals surface area contributed by atoms with Gasteiger partial charge in [0.25, 0.3) is 0 Å². The van der Waals surface area contributed by atoms with E-state index >= 15 is 0 Å². The second kappa shape index (κ2) is 4.82. The summed E-state index contributed by atoms with van der Waals surface area (Å²) in [6.45, 7) is 4.93. The van der Waals surface area contributed by atoms with Gasteiger partial charge in [0.2, 0.25) is 0 Å². The van der Waals surface area contributed by atoms with Crippen molar-refractivity contribution in [2.24, 2.45) is 0 Å². The van der Waals surface area contributed by atoms with Crippen molar-refractivity contribution in [2.45, 2.75) is 45.8 Å². The molecule has 1 atom stereocenters. The molecule has 100 valence electrons.